The average Bonchev–Trinajstić information content (AvgIpc) is 3.91. The van der Waals surface area contributed by atoms with Gasteiger partial charge < -0.3 is 28.7 Å². The second kappa shape index (κ2) is 15.0. The molecule has 1 unspecified atom stereocenters. The molecule has 2 saturated heterocycles. The number of benzene rings is 3. The first-order chi connectivity index (χ1) is 24.8. The SMILES string of the molecule is CCC(C)n1ncn(-c2ccc(N3CCN(c4ccc(OC[C@@H]5CO[C@@](Cn6nccn6)(c6ccc(Cl)cc6Cl)O5)c(OC)c4)CC3)cc2)c1=O. The zero-order valence-corrected chi connectivity index (χ0v) is 30.2. The molecule has 0 radical (unpaired) electrons. The molecule has 3 aromatic carbocycles. The van der Waals surface area contributed by atoms with Crippen LogP contribution in [0, 0.1) is 0 Å². The van der Waals surface area contributed by atoms with Gasteiger partial charge in [-0.2, -0.15) is 20.1 Å². The number of hydrogen-bond donors (Lipinski definition) is 0. The summed E-state index contributed by atoms with van der Waals surface area (Å²) in [5.74, 6) is 0.0149. The smallest absolute Gasteiger partial charge is 0.350 e. The highest BCUT2D eigenvalue weighted by Gasteiger charge is 2.46. The molecule has 2 aliphatic rings. The summed E-state index contributed by atoms with van der Waals surface area (Å²) in [6.45, 7) is 8.09. The molecule has 0 amide bonds. The van der Waals surface area contributed by atoms with Crippen molar-refractivity contribution in [2.24, 2.45) is 0 Å². The lowest BCUT2D eigenvalue weighted by Crippen LogP contribution is -2.46. The van der Waals surface area contributed by atoms with Crippen molar-refractivity contribution in [3.8, 4) is 17.2 Å². The van der Waals surface area contributed by atoms with Crippen molar-refractivity contribution in [1.29, 1.82) is 0 Å². The van der Waals surface area contributed by atoms with Crippen LogP contribution in [0.2, 0.25) is 10.0 Å². The topological polar surface area (TPSA) is 114 Å². The number of methoxy groups -OCH3 is 1. The Kier molecular flexibility index (Phi) is 10.2. The third kappa shape index (κ3) is 7.29. The molecule has 4 heterocycles. The standard InChI is InChI=1S/C36H40Cl2N8O5/c1-4-25(2)46-35(47)44(24-41-46)28-8-6-27(7-9-28)42-15-17-43(18-16-42)29-10-12-33(34(20-29)48-3)49-21-30-22-50-36(51-30,23-45-39-13-14-40-45)31-11-5-26(37)19-32(31)38/h5-14,19-20,24-25,30H,4,15-18,21-23H2,1-3H3/t25?,30-,36-/m1/s1. The van der Waals surface area contributed by atoms with Crippen LogP contribution in [-0.4, -0.2) is 81.9 Å². The quantitative estimate of drug-likeness (QED) is 0.161. The molecule has 3 atom stereocenters. The van der Waals surface area contributed by atoms with Crippen molar-refractivity contribution in [2.45, 2.75) is 44.7 Å². The van der Waals surface area contributed by atoms with Crippen LogP contribution in [0.1, 0.15) is 31.9 Å². The molecule has 13 nitrogen and oxygen atoms in total. The number of halogens is 2. The highest BCUT2D eigenvalue weighted by Crippen LogP contribution is 2.41. The van der Waals surface area contributed by atoms with Gasteiger partial charge in [0, 0.05) is 54.2 Å². The van der Waals surface area contributed by atoms with E-state index in [0.29, 0.717) is 27.1 Å². The van der Waals surface area contributed by atoms with Crippen LogP contribution in [0.25, 0.3) is 5.69 Å². The lowest BCUT2D eigenvalue weighted by Gasteiger charge is -2.37. The molecule has 0 saturated carbocycles. The van der Waals surface area contributed by atoms with Gasteiger partial charge in [-0.3, -0.25) is 0 Å². The first-order valence-corrected chi connectivity index (χ1v) is 17.7. The molecule has 15 heteroatoms. The predicted octanol–water partition coefficient (Wildman–Crippen LogP) is 5.59. The Morgan fingerprint density at radius 1 is 0.902 bits per heavy atom. The number of hydrogen-bond acceptors (Lipinski definition) is 10. The van der Waals surface area contributed by atoms with Gasteiger partial charge in [-0.05, 0) is 61.9 Å². The summed E-state index contributed by atoms with van der Waals surface area (Å²) >= 11 is 12.8. The lowest BCUT2D eigenvalue weighted by atomic mass is 10.1. The van der Waals surface area contributed by atoms with Crippen LogP contribution in [0.5, 0.6) is 11.5 Å². The van der Waals surface area contributed by atoms with Crippen molar-refractivity contribution < 1.29 is 18.9 Å². The molecule has 0 aliphatic carbocycles. The molecule has 2 aliphatic heterocycles. The molecule has 0 N–H and O–H groups in total. The summed E-state index contributed by atoms with van der Waals surface area (Å²) in [5.41, 5.74) is 3.47. The summed E-state index contributed by atoms with van der Waals surface area (Å²) in [4.78, 5) is 19.0. The molecule has 51 heavy (non-hydrogen) atoms. The van der Waals surface area contributed by atoms with Crippen LogP contribution in [0.4, 0.5) is 11.4 Å². The van der Waals surface area contributed by atoms with Crippen LogP contribution in [-0.2, 0) is 21.8 Å². The van der Waals surface area contributed by atoms with Gasteiger partial charge >= 0.3 is 5.69 Å². The average molecular weight is 736 g/mol. The predicted molar refractivity (Wildman–Crippen MR) is 195 cm³/mol. The molecular formula is C36H40Cl2N8O5. The highest BCUT2D eigenvalue weighted by atomic mass is 35.5. The number of nitrogens with zero attached hydrogens (tertiary/aromatic N) is 8. The first-order valence-electron chi connectivity index (χ1n) is 17.0. The second-order valence-electron chi connectivity index (χ2n) is 12.6. The monoisotopic (exact) mass is 734 g/mol. The Morgan fingerprint density at radius 3 is 2.27 bits per heavy atom. The van der Waals surface area contributed by atoms with Crippen LogP contribution < -0.4 is 25.0 Å². The van der Waals surface area contributed by atoms with Gasteiger partial charge in [0.25, 0.3) is 0 Å². The molecule has 7 rings (SSSR count). The molecule has 2 aromatic heterocycles. The minimum atomic E-state index is -1.22. The van der Waals surface area contributed by atoms with Gasteiger partial charge in [-0.15, -0.1) is 0 Å². The van der Waals surface area contributed by atoms with E-state index in [1.165, 1.54) is 9.48 Å². The fourth-order valence-corrected chi connectivity index (χ4v) is 6.99. The third-order valence-electron chi connectivity index (χ3n) is 9.43. The maximum Gasteiger partial charge on any atom is 0.350 e. The van der Waals surface area contributed by atoms with E-state index in [9.17, 15) is 4.79 Å². The minimum absolute atomic E-state index is 0.0551. The van der Waals surface area contributed by atoms with Gasteiger partial charge in [0.15, 0.2) is 11.5 Å². The van der Waals surface area contributed by atoms with Gasteiger partial charge in [-0.1, -0.05) is 36.2 Å². The van der Waals surface area contributed by atoms with E-state index in [1.54, 1.807) is 48.6 Å². The number of piperazine rings is 1. The number of aromatic nitrogens is 6. The van der Waals surface area contributed by atoms with E-state index in [0.717, 1.165) is 49.7 Å². The number of anilines is 2. The summed E-state index contributed by atoms with van der Waals surface area (Å²) in [6, 6.07) is 19.3. The Morgan fingerprint density at radius 2 is 1.59 bits per heavy atom. The normalized spacial score (nSPS) is 19.7. The Labute approximate surface area is 305 Å². The van der Waals surface area contributed by atoms with E-state index in [1.807, 2.05) is 44.2 Å². The Bertz CT molecular complexity index is 2000. The van der Waals surface area contributed by atoms with E-state index >= 15 is 0 Å². The van der Waals surface area contributed by atoms with E-state index in [-0.39, 0.29) is 31.5 Å². The van der Waals surface area contributed by atoms with Gasteiger partial charge in [0.1, 0.15) is 25.6 Å². The largest absolute Gasteiger partial charge is 0.493 e. The van der Waals surface area contributed by atoms with Crippen LogP contribution in [0.15, 0.2) is 84.2 Å². The van der Waals surface area contributed by atoms with Crippen molar-refractivity contribution in [2.75, 3.05) is 56.3 Å². The number of rotatable bonds is 12. The highest BCUT2D eigenvalue weighted by molar-refractivity contribution is 6.35. The van der Waals surface area contributed by atoms with E-state index in [4.69, 9.17) is 42.1 Å². The Balaban J connectivity index is 0.965. The minimum Gasteiger partial charge on any atom is -0.493 e. The number of ether oxygens (including phenoxy) is 4. The molecule has 2 fully saturated rings. The van der Waals surface area contributed by atoms with Crippen LogP contribution >= 0.6 is 23.2 Å². The molecule has 5 aromatic rings. The van der Waals surface area contributed by atoms with Gasteiger partial charge in [-0.25, -0.2) is 14.0 Å². The maximum atomic E-state index is 12.8. The lowest BCUT2D eigenvalue weighted by molar-refractivity contribution is -0.192. The van der Waals surface area contributed by atoms with Gasteiger partial charge in [0.2, 0.25) is 5.79 Å². The summed E-state index contributed by atoms with van der Waals surface area (Å²) in [5, 5.41) is 13.7. The van der Waals surface area contributed by atoms with Crippen molar-refractivity contribution in [3.05, 3.63) is 105 Å². The Hall–Kier alpha value is -4.56. The van der Waals surface area contributed by atoms with Crippen molar-refractivity contribution >= 4 is 34.6 Å². The van der Waals surface area contributed by atoms with Crippen LogP contribution in [0.3, 0.4) is 0 Å². The van der Waals surface area contributed by atoms with E-state index in [2.05, 4.69) is 37.2 Å². The summed E-state index contributed by atoms with van der Waals surface area (Å²) < 4.78 is 27.9. The maximum absolute atomic E-state index is 12.8. The fourth-order valence-electron chi connectivity index (χ4n) is 6.44. The van der Waals surface area contributed by atoms with Gasteiger partial charge in [0.05, 0.1) is 42.9 Å². The molecular weight excluding hydrogens is 695 g/mol. The third-order valence-corrected chi connectivity index (χ3v) is 9.98. The first kappa shape index (κ1) is 34.9. The molecule has 0 spiro atoms. The molecule has 0 bridgehead atoms. The summed E-state index contributed by atoms with van der Waals surface area (Å²) in [7, 11) is 1.64. The fraction of sp³-hybridized carbons (Fsp3) is 0.389. The molecule has 268 valence electrons. The van der Waals surface area contributed by atoms with Crippen molar-refractivity contribution in [1.82, 2.24) is 29.3 Å². The zero-order chi connectivity index (χ0) is 35.5. The zero-order valence-electron chi connectivity index (χ0n) is 28.7. The second-order valence-corrected chi connectivity index (χ2v) is 13.5. The summed E-state index contributed by atoms with van der Waals surface area (Å²) in [6.07, 6.45) is 5.23. The van der Waals surface area contributed by atoms with Crippen molar-refractivity contribution in [3.63, 3.8) is 0 Å². The van der Waals surface area contributed by atoms with E-state index < -0.39 is 11.9 Å².